The highest BCUT2D eigenvalue weighted by Crippen LogP contribution is 2.52. The summed E-state index contributed by atoms with van der Waals surface area (Å²) in [6, 6.07) is 54.0. The molecule has 0 N–H and O–H groups in total. The van der Waals surface area contributed by atoms with Gasteiger partial charge in [-0.3, -0.25) is 0 Å². The van der Waals surface area contributed by atoms with E-state index in [1.807, 2.05) is 0 Å². The first-order valence-corrected chi connectivity index (χ1v) is 15.2. The normalized spacial score (nSPS) is 13.5. The maximum Gasteiger partial charge on any atom is 0.0159 e. The second kappa shape index (κ2) is 8.90. The van der Waals surface area contributed by atoms with Gasteiger partial charge < -0.3 is 0 Å². The Kier molecular flexibility index (Phi) is 5.05. The number of hydrogen-bond acceptors (Lipinski definition) is 0. The molecule has 43 heavy (non-hydrogen) atoms. The Bertz CT molecular complexity index is 2330. The van der Waals surface area contributed by atoms with Crippen LogP contribution in [-0.2, 0) is 5.41 Å². The average molecular weight is 547 g/mol. The largest absolute Gasteiger partial charge is 0.0622 e. The monoisotopic (exact) mass is 546 g/mol. The maximum atomic E-state index is 2.45. The van der Waals surface area contributed by atoms with Crippen LogP contribution >= 0.6 is 0 Å². The maximum absolute atomic E-state index is 2.45. The summed E-state index contributed by atoms with van der Waals surface area (Å²) in [7, 11) is 0. The van der Waals surface area contributed by atoms with E-state index in [9.17, 15) is 0 Å². The molecule has 1 aliphatic carbocycles. The molecule has 0 heterocycles. The summed E-state index contributed by atoms with van der Waals surface area (Å²) in [5.41, 5.74) is 10.5. The van der Waals surface area contributed by atoms with Crippen LogP contribution in [0.1, 0.15) is 25.0 Å². The number of rotatable bonds is 3. The zero-order chi connectivity index (χ0) is 28.7. The molecule has 0 amide bonds. The zero-order valence-corrected chi connectivity index (χ0v) is 24.4. The molecule has 8 aromatic carbocycles. The topological polar surface area (TPSA) is 0 Å². The fraction of sp³-hybridized carbons (Fsp3) is 0.0698. The number of benzene rings is 8. The van der Waals surface area contributed by atoms with E-state index in [2.05, 4.69) is 159 Å². The van der Waals surface area contributed by atoms with Crippen molar-refractivity contribution in [3.05, 3.63) is 157 Å². The first-order chi connectivity index (χ1) is 21.1. The van der Waals surface area contributed by atoms with Crippen LogP contribution in [0.15, 0.2) is 146 Å². The Morgan fingerprint density at radius 3 is 1.51 bits per heavy atom. The number of hydrogen-bond donors (Lipinski definition) is 0. The van der Waals surface area contributed by atoms with Gasteiger partial charge in [-0.2, -0.15) is 0 Å². The van der Waals surface area contributed by atoms with E-state index in [4.69, 9.17) is 0 Å². The van der Waals surface area contributed by atoms with Crippen molar-refractivity contribution >= 4 is 43.1 Å². The van der Waals surface area contributed by atoms with Crippen LogP contribution in [0.2, 0.25) is 0 Å². The van der Waals surface area contributed by atoms with Crippen molar-refractivity contribution in [2.24, 2.45) is 0 Å². The van der Waals surface area contributed by atoms with E-state index >= 15 is 0 Å². The van der Waals surface area contributed by atoms with Crippen LogP contribution in [0.3, 0.4) is 0 Å². The summed E-state index contributed by atoms with van der Waals surface area (Å²) in [6.07, 6.45) is 0. The third kappa shape index (κ3) is 3.38. The van der Waals surface area contributed by atoms with Crippen LogP contribution in [0.25, 0.3) is 76.5 Å². The van der Waals surface area contributed by atoms with Crippen molar-refractivity contribution in [1.29, 1.82) is 0 Å². The Labute approximate surface area is 251 Å². The third-order valence-corrected chi connectivity index (χ3v) is 9.83. The van der Waals surface area contributed by atoms with Gasteiger partial charge in [-0.05, 0) is 93.7 Å². The molecule has 202 valence electrons. The molecule has 0 heteroatoms. The summed E-state index contributed by atoms with van der Waals surface area (Å²) in [5, 5.41) is 10.7. The third-order valence-electron chi connectivity index (χ3n) is 9.83. The van der Waals surface area contributed by atoms with Crippen LogP contribution in [-0.4, -0.2) is 0 Å². The van der Waals surface area contributed by atoms with Gasteiger partial charge in [0.15, 0.2) is 0 Å². The molecule has 0 aliphatic heterocycles. The van der Waals surface area contributed by atoms with E-state index in [0.29, 0.717) is 0 Å². The quantitative estimate of drug-likeness (QED) is 0.153. The van der Waals surface area contributed by atoms with Gasteiger partial charge in [0.1, 0.15) is 0 Å². The molecule has 0 spiro atoms. The van der Waals surface area contributed by atoms with Gasteiger partial charge >= 0.3 is 0 Å². The van der Waals surface area contributed by atoms with E-state index in [0.717, 1.165) is 0 Å². The second-order valence-electron chi connectivity index (χ2n) is 12.5. The van der Waals surface area contributed by atoms with E-state index < -0.39 is 0 Å². The van der Waals surface area contributed by atoms with Gasteiger partial charge in [0.25, 0.3) is 0 Å². The molecule has 0 saturated heterocycles. The smallest absolute Gasteiger partial charge is 0.0159 e. The molecule has 0 unspecified atom stereocenters. The fourth-order valence-electron chi connectivity index (χ4n) is 7.83. The highest BCUT2D eigenvalue weighted by atomic mass is 14.4. The first-order valence-electron chi connectivity index (χ1n) is 15.2. The summed E-state index contributed by atoms with van der Waals surface area (Å²) in [5.74, 6) is 0. The first kappa shape index (κ1) is 24.4. The molecule has 0 fully saturated rings. The molecule has 0 bridgehead atoms. The van der Waals surface area contributed by atoms with Gasteiger partial charge in [-0.15, -0.1) is 0 Å². The molecule has 9 rings (SSSR count). The zero-order valence-electron chi connectivity index (χ0n) is 24.4. The minimum absolute atomic E-state index is 0.0140. The standard InChI is InChI=1S/C43H30/c1-43(2)37-20-10-14-30-26-36(35-19-11-21-38(43)42(35)40(30)37)41-33-17-8-6-15-31(33)39(32-16-7-9-18-34(32)41)29-24-22-28(23-25-29)27-12-4-3-5-13-27/h3-26H,1-2H3. The average Bonchev–Trinajstić information content (AvgIpc) is 3.30. The van der Waals surface area contributed by atoms with Crippen LogP contribution in [0.4, 0.5) is 0 Å². The Balaban J connectivity index is 1.38. The molecule has 0 atom stereocenters. The Morgan fingerprint density at radius 1 is 0.372 bits per heavy atom. The molecule has 0 radical (unpaired) electrons. The summed E-state index contributed by atoms with van der Waals surface area (Å²) in [4.78, 5) is 0. The van der Waals surface area contributed by atoms with E-state index in [1.54, 1.807) is 0 Å². The lowest BCUT2D eigenvalue weighted by atomic mass is 9.81. The molecule has 1 aliphatic rings. The molecular formula is C43H30. The Hall–Kier alpha value is -5.20. The van der Waals surface area contributed by atoms with E-state index in [-0.39, 0.29) is 5.41 Å². The molecule has 0 aromatic heterocycles. The highest BCUT2D eigenvalue weighted by molar-refractivity contribution is 6.27. The van der Waals surface area contributed by atoms with Crippen LogP contribution in [0.5, 0.6) is 0 Å². The van der Waals surface area contributed by atoms with Gasteiger partial charge in [-0.25, -0.2) is 0 Å². The summed E-state index contributed by atoms with van der Waals surface area (Å²) in [6.45, 7) is 4.75. The highest BCUT2D eigenvalue weighted by Gasteiger charge is 2.34. The molecule has 0 nitrogen and oxygen atoms in total. The van der Waals surface area contributed by atoms with Gasteiger partial charge in [0, 0.05) is 5.41 Å². The predicted octanol–water partition coefficient (Wildman–Crippen LogP) is 11.9. The van der Waals surface area contributed by atoms with Crippen molar-refractivity contribution in [3.63, 3.8) is 0 Å². The van der Waals surface area contributed by atoms with Crippen molar-refractivity contribution in [2.45, 2.75) is 19.3 Å². The van der Waals surface area contributed by atoms with Crippen molar-refractivity contribution in [2.75, 3.05) is 0 Å². The lowest BCUT2D eigenvalue weighted by Crippen LogP contribution is -2.14. The lowest BCUT2D eigenvalue weighted by Gasteiger charge is -2.21. The van der Waals surface area contributed by atoms with E-state index in [1.165, 1.54) is 87.6 Å². The molecule has 8 aromatic rings. The lowest BCUT2D eigenvalue weighted by molar-refractivity contribution is 0.663. The van der Waals surface area contributed by atoms with Crippen LogP contribution < -0.4 is 0 Å². The molecule has 0 saturated carbocycles. The Morgan fingerprint density at radius 2 is 0.860 bits per heavy atom. The second-order valence-corrected chi connectivity index (χ2v) is 12.5. The fourth-order valence-corrected chi connectivity index (χ4v) is 7.83. The molecular weight excluding hydrogens is 516 g/mol. The summed E-state index contributed by atoms with van der Waals surface area (Å²) < 4.78 is 0. The van der Waals surface area contributed by atoms with Gasteiger partial charge in [0.05, 0.1) is 0 Å². The van der Waals surface area contributed by atoms with Crippen molar-refractivity contribution < 1.29 is 0 Å². The van der Waals surface area contributed by atoms with Crippen LogP contribution in [0, 0.1) is 0 Å². The SMILES string of the molecule is CC1(C)c2cccc3cc(-c4c5ccccc5c(-c5ccc(-c6ccccc6)cc5)c5ccccc45)c4cccc1c4c23. The van der Waals surface area contributed by atoms with Crippen molar-refractivity contribution in [3.8, 4) is 33.4 Å². The van der Waals surface area contributed by atoms with Gasteiger partial charge in [-0.1, -0.05) is 153 Å². The minimum Gasteiger partial charge on any atom is -0.0622 e. The summed E-state index contributed by atoms with van der Waals surface area (Å²) >= 11 is 0. The van der Waals surface area contributed by atoms with Crippen molar-refractivity contribution in [1.82, 2.24) is 0 Å². The number of fused-ring (bicyclic) bond motifs is 2. The predicted molar refractivity (Wildman–Crippen MR) is 185 cm³/mol. The minimum atomic E-state index is -0.0140. The van der Waals surface area contributed by atoms with Gasteiger partial charge in [0.2, 0.25) is 0 Å².